The van der Waals surface area contributed by atoms with Crippen LogP contribution in [-0.2, 0) is 4.79 Å². The maximum atomic E-state index is 11.8. The highest BCUT2D eigenvalue weighted by atomic mass is 79.9. The summed E-state index contributed by atoms with van der Waals surface area (Å²) in [4.78, 5) is 11.9. The fraction of sp³-hybridized carbons (Fsp3) is 0.273. The van der Waals surface area contributed by atoms with E-state index in [4.69, 9.17) is 22.7 Å². The molecular weight excluding hydrogens is 304 g/mol. The van der Waals surface area contributed by atoms with Gasteiger partial charge in [-0.15, -0.1) is 0 Å². The summed E-state index contributed by atoms with van der Waals surface area (Å²) in [5.41, 5.74) is 6.00. The number of ether oxygens (including phenoxy) is 1. The Balaban J connectivity index is 2.91. The van der Waals surface area contributed by atoms with Crippen molar-refractivity contribution in [2.45, 2.75) is 6.92 Å². The third-order valence-corrected chi connectivity index (χ3v) is 3.09. The smallest absolute Gasteiger partial charge is 0.234 e. The zero-order valence-electron chi connectivity index (χ0n) is 9.49. The number of nitrogens with two attached hydrogens (primary N) is 1. The van der Waals surface area contributed by atoms with E-state index in [1.54, 1.807) is 19.1 Å². The Morgan fingerprint density at radius 3 is 2.76 bits per heavy atom. The van der Waals surface area contributed by atoms with Crippen molar-refractivity contribution < 1.29 is 9.53 Å². The lowest BCUT2D eigenvalue weighted by Crippen LogP contribution is -2.30. The first-order chi connectivity index (χ1) is 7.95. The number of amides is 1. The summed E-state index contributed by atoms with van der Waals surface area (Å²) in [6.45, 7) is 1.65. The minimum Gasteiger partial charge on any atom is -0.495 e. The molecule has 0 saturated carbocycles. The summed E-state index contributed by atoms with van der Waals surface area (Å²) < 4.78 is 5.99. The van der Waals surface area contributed by atoms with Gasteiger partial charge in [0.2, 0.25) is 5.91 Å². The van der Waals surface area contributed by atoms with Gasteiger partial charge in [0.05, 0.1) is 23.7 Å². The summed E-state index contributed by atoms with van der Waals surface area (Å²) >= 11 is 8.10. The standard InChI is InChI=1S/C11H13BrN2O2S/c1-6(10(13)17)11(15)14-8-5-7(12)3-4-9(8)16-2/h3-6H,1-2H3,(H2,13,17)(H,14,15). The van der Waals surface area contributed by atoms with Crippen LogP contribution in [0.5, 0.6) is 5.75 Å². The summed E-state index contributed by atoms with van der Waals surface area (Å²) in [5, 5.41) is 2.72. The molecule has 0 saturated heterocycles. The highest BCUT2D eigenvalue weighted by molar-refractivity contribution is 9.10. The minimum absolute atomic E-state index is 0.163. The second kappa shape index (κ2) is 5.97. The monoisotopic (exact) mass is 316 g/mol. The molecule has 4 nitrogen and oxygen atoms in total. The van der Waals surface area contributed by atoms with Crippen molar-refractivity contribution in [3.63, 3.8) is 0 Å². The Bertz CT molecular complexity index is 451. The molecule has 1 unspecified atom stereocenters. The van der Waals surface area contributed by atoms with Gasteiger partial charge in [-0.1, -0.05) is 28.1 Å². The summed E-state index contributed by atoms with van der Waals surface area (Å²) in [7, 11) is 1.54. The second-order valence-electron chi connectivity index (χ2n) is 3.46. The molecule has 1 aromatic rings. The third-order valence-electron chi connectivity index (χ3n) is 2.24. The quantitative estimate of drug-likeness (QED) is 0.837. The average molecular weight is 317 g/mol. The van der Waals surface area contributed by atoms with Gasteiger partial charge in [0, 0.05) is 4.47 Å². The molecule has 3 N–H and O–H groups in total. The molecule has 1 rings (SSSR count). The van der Waals surface area contributed by atoms with Gasteiger partial charge in [-0.2, -0.15) is 0 Å². The Hall–Kier alpha value is -1.14. The summed E-state index contributed by atoms with van der Waals surface area (Å²) in [6, 6.07) is 5.33. The van der Waals surface area contributed by atoms with E-state index in [0.717, 1.165) is 4.47 Å². The fourth-order valence-corrected chi connectivity index (χ4v) is 1.62. The molecule has 92 valence electrons. The second-order valence-corrected chi connectivity index (χ2v) is 4.84. The van der Waals surface area contributed by atoms with Crippen LogP contribution in [0.4, 0.5) is 5.69 Å². The molecule has 0 fully saturated rings. The molecule has 0 radical (unpaired) electrons. The third kappa shape index (κ3) is 3.67. The number of halogens is 1. The first kappa shape index (κ1) is 13.9. The molecule has 17 heavy (non-hydrogen) atoms. The van der Waals surface area contributed by atoms with Gasteiger partial charge in [-0.05, 0) is 25.1 Å². The predicted octanol–water partition coefficient (Wildman–Crippen LogP) is 2.32. The Labute approximate surface area is 114 Å². The summed E-state index contributed by atoms with van der Waals surface area (Å²) in [5.74, 6) is -0.195. The van der Waals surface area contributed by atoms with Crippen molar-refractivity contribution in [1.29, 1.82) is 0 Å². The molecule has 1 atom stereocenters. The molecule has 0 spiro atoms. The van der Waals surface area contributed by atoms with Crippen LogP contribution < -0.4 is 15.8 Å². The van der Waals surface area contributed by atoms with Crippen molar-refractivity contribution in [1.82, 2.24) is 0 Å². The number of carbonyl (C=O) groups excluding carboxylic acids is 1. The maximum absolute atomic E-state index is 11.8. The lowest BCUT2D eigenvalue weighted by molar-refractivity contribution is -0.117. The first-order valence-corrected chi connectivity index (χ1v) is 6.09. The number of methoxy groups -OCH3 is 1. The fourth-order valence-electron chi connectivity index (χ4n) is 1.15. The SMILES string of the molecule is COc1ccc(Br)cc1NC(=O)C(C)C(N)=S. The van der Waals surface area contributed by atoms with E-state index in [0.29, 0.717) is 11.4 Å². The van der Waals surface area contributed by atoms with Crippen LogP contribution in [0.15, 0.2) is 22.7 Å². The maximum Gasteiger partial charge on any atom is 0.234 e. The van der Waals surface area contributed by atoms with Crippen LogP contribution >= 0.6 is 28.1 Å². The van der Waals surface area contributed by atoms with Crippen LogP contribution in [0.25, 0.3) is 0 Å². The van der Waals surface area contributed by atoms with Crippen molar-refractivity contribution in [2.75, 3.05) is 12.4 Å². The normalized spacial score (nSPS) is 11.7. The predicted molar refractivity (Wildman–Crippen MR) is 75.3 cm³/mol. The topological polar surface area (TPSA) is 64.3 Å². The zero-order valence-corrected chi connectivity index (χ0v) is 11.9. The van der Waals surface area contributed by atoms with Gasteiger partial charge in [-0.3, -0.25) is 4.79 Å². The highest BCUT2D eigenvalue weighted by Gasteiger charge is 2.17. The van der Waals surface area contributed by atoms with E-state index < -0.39 is 5.92 Å². The Morgan fingerprint density at radius 2 is 2.24 bits per heavy atom. The average Bonchev–Trinajstić information content (AvgIpc) is 2.28. The van der Waals surface area contributed by atoms with E-state index in [1.165, 1.54) is 7.11 Å². The number of anilines is 1. The number of hydrogen-bond acceptors (Lipinski definition) is 3. The zero-order chi connectivity index (χ0) is 13.0. The Kier molecular flexibility index (Phi) is 4.89. The van der Waals surface area contributed by atoms with Gasteiger partial charge in [0.25, 0.3) is 0 Å². The molecular formula is C11H13BrN2O2S. The molecule has 0 aliphatic heterocycles. The lowest BCUT2D eigenvalue weighted by atomic mass is 10.1. The van der Waals surface area contributed by atoms with Gasteiger partial charge < -0.3 is 15.8 Å². The van der Waals surface area contributed by atoms with Crippen molar-refractivity contribution in [3.8, 4) is 5.75 Å². The van der Waals surface area contributed by atoms with Crippen LogP contribution in [-0.4, -0.2) is 18.0 Å². The van der Waals surface area contributed by atoms with Crippen LogP contribution in [0, 0.1) is 5.92 Å². The van der Waals surface area contributed by atoms with E-state index in [2.05, 4.69) is 21.2 Å². The van der Waals surface area contributed by atoms with E-state index in [-0.39, 0.29) is 10.9 Å². The van der Waals surface area contributed by atoms with E-state index in [1.807, 2.05) is 6.07 Å². The lowest BCUT2D eigenvalue weighted by Gasteiger charge is -2.13. The molecule has 6 heteroatoms. The molecule has 1 amide bonds. The molecule has 1 aromatic carbocycles. The minimum atomic E-state index is -0.520. The van der Waals surface area contributed by atoms with Crippen LogP contribution in [0.2, 0.25) is 0 Å². The molecule has 0 aromatic heterocycles. The van der Waals surface area contributed by atoms with Crippen molar-refractivity contribution in [2.24, 2.45) is 11.7 Å². The van der Waals surface area contributed by atoms with Crippen molar-refractivity contribution in [3.05, 3.63) is 22.7 Å². The van der Waals surface area contributed by atoms with Crippen LogP contribution in [0.3, 0.4) is 0 Å². The number of hydrogen-bond donors (Lipinski definition) is 2. The number of benzene rings is 1. The van der Waals surface area contributed by atoms with Crippen molar-refractivity contribution >= 4 is 44.7 Å². The van der Waals surface area contributed by atoms with Gasteiger partial charge >= 0.3 is 0 Å². The van der Waals surface area contributed by atoms with Crippen LogP contribution in [0.1, 0.15) is 6.92 Å². The molecule has 0 aliphatic rings. The molecule has 0 heterocycles. The first-order valence-electron chi connectivity index (χ1n) is 4.89. The highest BCUT2D eigenvalue weighted by Crippen LogP contribution is 2.28. The van der Waals surface area contributed by atoms with E-state index in [9.17, 15) is 4.79 Å². The Morgan fingerprint density at radius 1 is 1.59 bits per heavy atom. The number of thiocarbonyl (C=S) groups is 1. The van der Waals surface area contributed by atoms with Gasteiger partial charge in [0.15, 0.2) is 0 Å². The van der Waals surface area contributed by atoms with Gasteiger partial charge in [-0.25, -0.2) is 0 Å². The van der Waals surface area contributed by atoms with E-state index >= 15 is 0 Å². The number of nitrogens with one attached hydrogen (secondary N) is 1. The molecule has 0 bridgehead atoms. The number of rotatable bonds is 4. The largest absolute Gasteiger partial charge is 0.495 e. The van der Waals surface area contributed by atoms with Gasteiger partial charge in [0.1, 0.15) is 5.75 Å². The molecule has 0 aliphatic carbocycles. The summed E-state index contributed by atoms with van der Waals surface area (Å²) in [6.07, 6.45) is 0. The number of carbonyl (C=O) groups is 1.